The number of carbonyl (C=O) groups excluding carboxylic acids is 2. The summed E-state index contributed by atoms with van der Waals surface area (Å²) in [4.78, 5) is 46.7. The van der Waals surface area contributed by atoms with Crippen LogP contribution in [0.2, 0.25) is 0 Å². The molecule has 0 radical (unpaired) electrons. The Bertz CT molecular complexity index is 864. The average molecular weight is 406 g/mol. The molecule has 160 valence electrons. The van der Waals surface area contributed by atoms with Crippen LogP contribution in [0.1, 0.15) is 84.2 Å². The van der Waals surface area contributed by atoms with Gasteiger partial charge in [0, 0.05) is 48.6 Å². The molecule has 2 aromatic rings. The van der Waals surface area contributed by atoms with E-state index < -0.39 is 10.8 Å². The maximum atomic E-state index is 12.2. The standard InChI is InChI=1S/C21H30N2O6/c1-20(2,16-12-18(26)22-28-16)10-8-14(24)6-5-7-15(25)9-11-21(3,4)17-13-19(27)23-29-17/h12-13H,5-11H2,1-4H3,(H,22,26)(H,23,27). The van der Waals surface area contributed by atoms with E-state index in [-0.39, 0.29) is 22.7 Å². The molecule has 0 aliphatic carbocycles. The highest BCUT2D eigenvalue weighted by molar-refractivity contribution is 5.81. The van der Waals surface area contributed by atoms with E-state index in [4.69, 9.17) is 9.05 Å². The summed E-state index contributed by atoms with van der Waals surface area (Å²) >= 11 is 0. The van der Waals surface area contributed by atoms with Gasteiger partial charge < -0.3 is 9.05 Å². The Morgan fingerprint density at radius 2 is 1.14 bits per heavy atom. The zero-order valence-electron chi connectivity index (χ0n) is 17.6. The minimum absolute atomic E-state index is 0.0955. The first kappa shape index (κ1) is 22.6. The van der Waals surface area contributed by atoms with Crippen LogP contribution in [-0.2, 0) is 20.4 Å². The average Bonchev–Trinajstić information content (AvgIpc) is 3.28. The Kier molecular flexibility index (Phi) is 7.21. The smallest absolute Gasteiger partial charge is 0.280 e. The normalized spacial score (nSPS) is 12.3. The van der Waals surface area contributed by atoms with Crippen LogP contribution < -0.4 is 11.1 Å². The molecule has 0 bridgehead atoms. The summed E-state index contributed by atoms with van der Waals surface area (Å²) in [6.07, 6.45) is 3.11. The Morgan fingerprint density at radius 1 is 0.759 bits per heavy atom. The number of aromatic nitrogens is 2. The van der Waals surface area contributed by atoms with Crippen LogP contribution in [-0.4, -0.2) is 21.9 Å². The first-order valence-corrected chi connectivity index (χ1v) is 9.91. The number of nitrogens with one attached hydrogen (secondary N) is 2. The first-order chi connectivity index (χ1) is 13.5. The second-order valence-electron chi connectivity index (χ2n) is 8.85. The molecule has 8 nitrogen and oxygen atoms in total. The number of Topliss-reactive ketones (excluding diaryl/α,β-unsaturated/α-hetero) is 2. The van der Waals surface area contributed by atoms with Crippen molar-refractivity contribution >= 4 is 11.6 Å². The van der Waals surface area contributed by atoms with Gasteiger partial charge in [0.2, 0.25) is 0 Å². The lowest BCUT2D eigenvalue weighted by Crippen LogP contribution is -2.19. The highest BCUT2D eigenvalue weighted by Gasteiger charge is 2.27. The Labute approximate surface area is 169 Å². The molecule has 2 heterocycles. The number of carbonyl (C=O) groups is 2. The molecule has 29 heavy (non-hydrogen) atoms. The molecule has 0 saturated carbocycles. The SMILES string of the molecule is CC(C)(CCC(=O)CCCC(=O)CCC(C)(C)c1cc(=O)[nH]o1)c1cc(=O)[nH]o1. The molecule has 0 amide bonds. The summed E-state index contributed by atoms with van der Waals surface area (Å²) in [5.74, 6) is 1.26. The van der Waals surface area contributed by atoms with Crippen LogP contribution in [0.15, 0.2) is 30.8 Å². The van der Waals surface area contributed by atoms with Gasteiger partial charge in [0.1, 0.15) is 23.1 Å². The summed E-state index contributed by atoms with van der Waals surface area (Å²) in [5.41, 5.74) is -1.41. The Balaban J connectivity index is 1.68. The monoisotopic (exact) mass is 406 g/mol. The third kappa shape index (κ3) is 6.73. The van der Waals surface area contributed by atoms with Crippen LogP contribution in [0.25, 0.3) is 0 Å². The number of hydrogen-bond acceptors (Lipinski definition) is 6. The predicted molar refractivity (Wildman–Crippen MR) is 107 cm³/mol. The van der Waals surface area contributed by atoms with E-state index in [1.807, 2.05) is 27.7 Å². The molecular formula is C21H30N2O6. The summed E-state index contributed by atoms with van der Waals surface area (Å²) < 4.78 is 10.3. The Hall–Kier alpha value is -2.64. The van der Waals surface area contributed by atoms with Gasteiger partial charge in [-0.25, -0.2) is 0 Å². The number of rotatable bonds is 12. The second kappa shape index (κ2) is 9.24. The van der Waals surface area contributed by atoms with Gasteiger partial charge in [-0.15, -0.1) is 0 Å². The number of H-pyrrole nitrogens is 2. The highest BCUT2D eigenvalue weighted by atomic mass is 16.5. The van der Waals surface area contributed by atoms with Gasteiger partial charge in [-0.05, 0) is 19.3 Å². The molecule has 2 rings (SSSR count). The van der Waals surface area contributed by atoms with Crippen molar-refractivity contribution in [1.29, 1.82) is 0 Å². The molecule has 0 saturated heterocycles. The van der Waals surface area contributed by atoms with E-state index in [9.17, 15) is 19.2 Å². The van der Waals surface area contributed by atoms with Crippen molar-refractivity contribution < 1.29 is 18.6 Å². The van der Waals surface area contributed by atoms with Gasteiger partial charge in [0.25, 0.3) is 11.1 Å². The van der Waals surface area contributed by atoms with Crippen LogP contribution in [0.5, 0.6) is 0 Å². The van der Waals surface area contributed by atoms with Crippen LogP contribution in [0.3, 0.4) is 0 Å². The van der Waals surface area contributed by atoms with Gasteiger partial charge in [-0.3, -0.25) is 19.2 Å². The van der Waals surface area contributed by atoms with Crippen LogP contribution in [0, 0.1) is 0 Å². The van der Waals surface area contributed by atoms with Crippen molar-refractivity contribution in [2.75, 3.05) is 0 Å². The van der Waals surface area contributed by atoms with Crippen molar-refractivity contribution in [3.8, 4) is 0 Å². The molecular weight excluding hydrogens is 376 g/mol. The molecule has 0 fully saturated rings. The van der Waals surface area contributed by atoms with E-state index in [2.05, 4.69) is 10.3 Å². The van der Waals surface area contributed by atoms with E-state index in [1.165, 1.54) is 12.1 Å². The quantitative estimate of drug-likeness (QED) is 0.556. The van der Waals surface area contributed by atoms with E-state index in [1.54, 1.807) is 0 Å². The number of hydrogen-bond donors (Lipinski definition) is 2. The molecule has 0 atom stereocenters. The molecule has 0 aliphatic heterocycles. The zero-order chi connectivity index (χ0) is 21.7. The van der Waals surface area contributed by atoms with Crippen molar-refractivity contribution in [1.82, 2.24) is 10.3 Å². The van der Waals surface area contributed by atoms with E-state index in [0.717, 1.165) is 0 Å². The van der Waals surface area contributed by atoms with E-state index in [0.29, 0.717) is 56.5 Å². The molecule has 2 N–H and O–H groups in total. The third-order valence-electron chi connectivity index (χ3n) is 5.35. The summed E-state index contributed by atoms with van der Waals surface area (Å²) in [6, 6.07) is 2.81. The molecule has 0 aromatic carbocycles. The lowest BCUT2D eigenvalue weighted by molar-refractivity contribution is -0.120. The number of aromatic amines is 2. The molecule has 8 heteroatoms. The van der Waals surface area contributed by atoms with Crippen molar-refractivity contribution in [3.63, 3.8) is 0 Å². The van der Waals surface area contributed by atoms with Gasteiger partial charge in [-0.2, -0.15) is 10.3 Å². The highest BCUT2D eigenvalue weighted by Crippen LogP contribution is 2.29. The van der Waals surface area contributed by atoms with Gasteiger partial charge in [0.15, 0.2) is 0 Å². The lowest BCUT2D eigenvalue weighted by Gasteiger charge is -2.20. The van der Waals surface area contributed by atoms with Crippen LogP contribution in [0.4, 0.5) is 0 Å². The second-order valence-corrected chi connectivity index (χ2v) is 8.85. The molecule has 0 unspecified atom stereocenters. The fraction of sp³-hybridized carbons (Fsp3) is 0.619. The molecule has 0 aliphatic rings. The predicted octanol–water partition coefficient (Wildman–Crippen LogP) is 3.37. The first-order valence-electron chi connectivity index (χ1n) is 9.91. The fourth-order valence-electron chi connectivity index (χ4n) is 3.12. The van der Waals surface area contributed by atoms with Crippen LogP contribution >= 0.6 is 0 Å². The minimum Gasteiger partial charge on any atom is -0.383 e. The third-order valence-corrected chi connectivity index (χ3v) is 5.35. The maximum Gasteiger partial charge on any atom is 0.280 e. The fourth-order valence-corrected chi connectivity index (χ4v) is 3.12. The largest absolute Gasteiger partial charge is 0.383 e. The van der Waals surface area contributed by atoms with Crippen molar-refractivity contribution in [2.24, 2.45) is 0 Å². The summed E-state index contributed by atoms with van der Waals surface area (Å²) in [5, 5.41) is 4.53. The lowest BCUT2D eigenvalue weighted by atomic mass is 9.83. The minimum atomic E-state index is -0.413. The summed E-state index contributed by atoms with van der Waals surface area (Å²) in [6.45, 7) is 7.68. The zero-order valence-corrected chi connectivity index (χ0v) is 17.6. The maximum absolute atomic E-state index is 12.2. The Morgan fingerprint density at radius 3 is 1.45 bits per heavy atom. The van der Waals surface area contributed by atoms with Gasteiger partial charge in [-0.1, -0.05) is 27.7 Å². The van der Waals surface area contributed by atoms with Gasteiger partial charge >= 0.3 is 0 Å². The molecule has 2 aromatic heterocycles. The number of ketones is 2. The van der Waals surface area contributed by atoms with E-state index >= 15 is 0 Å². The van der Waals surface area contributed by atoms with Crippen molar-refractivity contribution in [2.45, 2.75) is 83.5 Å². The molecule has 0 spiro atoms. The van der Waals surface area contributed by atoms with Crippen molar-refractivity contribution in [3.05, 3.63) is 44.4 Å². The van der Waals surface area contributed by atoms with Gasteiger partial charge in [0.05, 0.1) is 0 Å². The summed E-state index contributed by atoms with van der Waals surface area (Å²) in [7, 11) is 0. The topological polar surface area (TPSA) is 126 Å².